The summed E-state index contributed by atoms with van der Waals surface area (Å²) in [5.41, 5.74) is -0.233. The fourth-order valence-electron chi connectivity index (χ4n) is 2.24. The van der Waals surface area contributed by atoms with E-state index >= 15 is 0 Å². The summed E-state index contributed by atoms with van der Waals surface area (Å²) < 4.78 is 38.5. The maximum absolute atomic E-state index is 12.8. The van der Waals surface area contributed by atoms with Crippen molar-refractivity contribution in [3.8, 4) is 0 Å². The first-order chi connectivity index (χ1) is 10.2. The summed E-state index contributed by atoms with van der Waals surface area (Å²) >= 11 is 0. The number of amides is 1. The van der Waals surface area contributed by atoms with Crippen LogP contribution in [0.2, 0.25) is 0 Å². The van der Waals surface area contributed by atoms with Gasteiger partial charge in [0.25, 0.3) is 0 Å². The number of carbonyl (C=O) groups excluding carboxylic acids is 1. The molecule has 1 aromatic rings. The van der Waals surface area contributed by atoms with Gasteiger partial charge in [-0.2, -0.15) is 13.2 Å². The van der Waals surface area contributed by atoms with E-state index in [1.54, 1.807) is 20.0 Å². The Morgan fingerprint density at radius 3 is 2.36 bits per heavy atom. The standard InChI is InChI=1S/C16H23F3N2O/c1-10(2)14(21-15(22)11(3)9-20-4)12-6-5-7-13(8-12)16(17,18)19/h5-8,10-11,14,20H,9H2,1-4H3,(H,21,22). The highest BCUT2D eigenvalue weighted by Gasteiger charge is 2.31. The van der Waals surface area contributed by atoms with Crippen LogP contribution in [0.15, 0.2) is 24.3 Å². The minimum atomic E-state index is -4.39. The fourth-order valence-corrected chi connectivity index (χ4v) is 2.24. The third kappa shape index (κ3) is 5.02. The highest BCUT2D eigenvalue weighted by atomic mass is 19.4. The molecule has 0 heterocycles. The van der Waals surface area contributed by atoms with Gasteiger partial charge in [-0.1, -0.05) is 32.9 Å². The summed E-state index contributed by atoms with van der Waals surface area (Å²) in [4.78, 5) is 12.1. The molecular formula is C16H23F3N2O. The van der Waals surface area contributed by atoms with Crippen LogP contribution >= 0.6 is 0 Å². The van der Waals surface area contributed by atoms with E-state index < -0.39 is 17.8 Å². The molecule has 0 spiro atoms. The second-order valence-electron chi connectivity index (χ2n) is 5.81. The summed E-state index contributed by atoms with van der Waals surface area (Å²) in [6.07, 6.45) is -4.39. The second kappa shape index (κ2) is 7.63. The molecule has 6 heteroatoms. The van der Waals surface area contributed by atoms with Crippen molar-refractivity contribution in [2.45, 2.75) is 33.0 Å². The van der Waals surface area contributed by atoms with Gasteiger partial charge >= 0.3 is 6.18 Å². The second-order valence-corrected chi connectivity index (χ2v) is 5.81. The zero-order chi connectivity index (χ0) is 16.9. The number of halogens is 3. The number of hydrogen-bond donors (Lipinski definition) is 2. The molecule has 0 saturated carbocycles. The first-order valence-corrected chi connectivity index (χ1v) is 7.29. The molecule has 2 N–H and O–H groups in total. The van der Waals surface area contributed by atoms with Gasteiger partial charge in [0.15, 0.2) is 0 Å². The maximum Gasteiger partial charge on any atom is 0.416 e. The van der Waals surface area contributed by atoms with Gasteiger partial charge in [0, 0.05) is 12.5 Å². The molecule has 1 amide bonds. The minimum Gasteiger partial charge on any atom is -0.349 e. The average molecular weight is 316 g/mol. The normalized spacial score (nSPS) is 14.7. The molecule has 1 rings (SSSR count). The molecule has 3 nitrogen and oxygen atoms in total. The Morgan fingerprint density at radius 2 is 1.86 bits per heavy atom. The fraction of sp³-hybridized carbons (Fsp3) is 0.562. The lowest BCUT2D eigenvalue weighted by Crippen LogP contribution is -2.38. The zero-order valence-electron chi connectivity index (χ0n) is 13.3. The van der Waals surface area contributed by atoms with Gasteiger partial charge in [0.1, 0.15) is 0 Å². The Kier molecular flexibility index (Phi) is 6.41. The Morgan fingerprint density at radius 1 is 1.23 bits per heavy atom. The molecule has 1 aromatic carbocycles. The quantitative estimate of drug-likeness (QED) is 0.845. The number of benzene rings is 1. The Bertz CT molecular complexity index is 500. The van der Waals surface area contributed by atoms with Crippen molar-refractivity contribution >= 4 is 5.91 Å². The van der Waals surface area contributed by atoms with Crippen molar-refractivity contribution < 1.29 is 18.0 Å². The van der Waals surface area contributed by atoms with Gasteiger partial charge in [0.2, 0.25) is 5.91 Å². The number of alkyl halides is 3. The minimum absolute atomic E-state index is 0.0192. The van der Waals surface area contributed by atoms with E-state index in [0.29, 0.717) is 12.1 Å². The first kappa shape index (κ1) is 18.5. The topological polar surface area (TPSA) is 41.1 Å². The molecular weight excluding hydrogens is 293 g/mol. The molecule has 0 aliphatic rings. The van der Waals surface area contributed by atoms with E-state index in [2.05, 4.69) is 10.6 Å². The van der Waals surface area contributed by atoms with Crippen molar-refractivity contribution in [3.63, 3.8) is 0 Å². The van der Waals surface area contributed by atoms with Crippen LogP contribution in [0.4, 0.5) is 13.2 Å². The SMILES string of the molecule is CNCC(C)C(=O)NC(c1cccc(C(F)(F)F)c1)C(C)C. The van der Waals surface area contributed by atoms with Crippen molar-refractivity contribution in [1.29, 1.82) is 0 Å². The largest absolute Gasteiger partial charge is 0.416 e. The van der Waals surface area contributed by atoms with Crippen LogP contribution in [0.5, 0.6) is 0 Å². The van der Waals surface area contributed by atoms with Crippen LogP contribution in [0.3, 0.4) is 0 Å². The molecule has 0 aromatic heterocycles. The maximum atomic E-state index is 12.8. The van der Waals surface area contributed by atoms with Gasteiger partial charge in [0.05, 0.1) is 11.6 Å². The Hall–Kier alpha value is -1.56. The molecule has 0 bridgehead atoms. The molecule has 0 aliphatic heterocycles. The van der Waals surface area contributed by atoms with E-state index in [-0.39, 0.29) is 17.7 Å². The number of nitrogens with one attached hydrogen (secondary N) is 2. The van der Waals surface area contributed by atoms with Crippen LogP contribution in [0, 0.1) is 11.8 Å². The van der Waals surface area contributed by atoms with Gasteiger partial charge in [-0.3, -0.25) is 4.79 Å². The monoisotopic (exact) mass is 316 g/mol. The molecule has 124 valence electrons. The van der Waals surface area contributed by atoms with Gasteiger partial charge in [-0.25, -0.2) is 0 Å². The van der Waals surface area contributed by atoms with E-state index in [9.17, 15) is 18.0 Å². The predicted octanol–water partition coefficient (Wildman–Crippen LogP) is 3.37. The number of hydrogen-bond acceptors (Lipinski definition) is 2. The van der Waals surface area contributed by atoms with Gasteiger partial charge in [-0.15, -0.1) is 0 Å². The summed E-state index contributed by atoms with van der Waals surface area (Å²) in [6.45, 7) is 6.02. The van der Waals surface area contributed by atoms with E-state index in [4.69, 9.17) is 0 Å². The van der Waals surface area contributed by atoms with Crippen LogP contribution in [-0.4, -0.2) is 19.5 Å². The third-order valence-corrected chi connectivity index (χ3v) is 3.50. The summed E-state index contributed by atoms with van der Waals surface area (Å²) in [5, 5.41) is 5.76. The lowest BCUT2D eigenvalue weighted by molar-refractivity contribution is -0.137. The molecule has 0 fully saturated rings. The van der Waals surface area contributed by atoms with Gasteiger partial charge < -0.3 is 10.6 Å². The highest BCUT2D eigenvalue weighted by Crippen LogP contribution is 2.32. The molecule has 22 heavy (non-hydrogen) atoms. The average Bonchev–Trinajstić information content (AvgIpc) is 2.43. The van der Waals surface area contributed by atoms with E-state index in [0.717, 1.165) is 12.1 Å². The van der Waals surface area contributed by atoms with Crippen molar-refractivity contribution in [3.05, 3.63) is 35.4 Å². The van der Waals surface area contributed by atoms with Crippen LogP contribution in [0.25, 0.3) is 0 Å². The van der Waals surface area contributed by atoms with Crippen molar-refractivity contribution in [2.75, 3.05) is 13.6 Å². The molecule has 0 aliphatic carbocycles. The highest BCUT2D eigenvalue weighted by molar-refractivity contribution is 5.79. The third-order valence-electron chi connectivity index (χ3n) is 3.50. The van der Waals surface area contributed by atoms with Crippen LogP contribution in [0.1, 0.15) is 37.9 Å². The molecule has 0 radical (unpaired) electrons. The lowest BCUT2D eigenvalue weighted by atomic mass is 9.94. The van der Waals surface area contributed by atoms with E-state index in [1.807, 2.05) is 13.8 Å². The predicted molar refractivity (Wildman–Crippen MR) is 80.3 cm³/mol. The Labute approximate surface area is 129 Å². The van der Waals surface area contributed by atoms with E-state index in [1.165, 1.54) is 6.07 Å². The molecule has 0 saturated heterocycles. The smallest absolute Gasteiger partial charge is 0.349 e. The van der Waals surface area contributed by atoms with Crippen molar-refractivity contribution in [2.24, 2.45) is 11.8 Å². The summed E-state index contributed by atoms with van der Waals surface area (Å²) in [6, 6.07) is 4.67. The Balaban J connectivity index is 2.99. The number of carbonyl (C=O) groups is 1. The summed E-state index contributed by atoms with van der Waals surface area (Å²) in [5.74, 6) is -0.447. The first-order valence-electron chi connectivity index (χ1n) is 7.29. The van der Waals surface area contributed by atoms with Crippen LogP contribution < -0.4 is 10.6 Å². The molecule has 2 unspecified atom stereocenters. The van der Waals surface area contributed by atoms with Gasteiger partial charge in [-0.05, 0) is 30.7 Å². The van der Waals surface area contributed by atoms with Crippen molar-refractivity contribution in [1.82, 2.24) is 10.6 Å². The number of rotatable bonds is 6. The summed E-state index contributed by atoms with van der Waals surface area (Å²) in [7, 11) is 1.75. The zero-order valence-corrected chi connectivity index (χ0v) is 13.3. The molecule has 2 atom stereocenters. The van der Waals surface area contributed by atoms with Crippen LogP contribution in [-0.2, 0) is 11.0 Å². The lowest BCUT2D eigenvalue weighted by Gasteiger charge is -2.25.